The molecule has 0 aliphatic carbocycles. The van der Waals surface area contributed by atoms with Gasteiger partial charge in [0.05, 0.1) is 6.61 Å². The number of aliphatic hydroxyl groups excluding tert-OH is 1. The number of ether oxygens (including phenoxy) is 1. The highest BCUT2D eigenvalue weighted by molar-refractivity contribution is 7.89. The molecule has 0 aromatic heterocycles. The van der Waals surface area contributed by atoms with E-state index in [1.807, 2.05) is 0 Å². The summed E-state index contributed by atoms with van der Waals surface area (Å²) >= 11 is 0. The normalized spacial score (nSPS) is 21.1. The lowest BCUT2D eigenvalue weighted by Gasteiger charge is -2.23. The first kappa shape index (κ1) is 15.4. The van der Waals surface area contributed by atoms with Crippen LogP contribution in [0.25, 0.3) is 0 Å². The molecule has 1 atom stereocenters. The molecule has 6 nitrogen and oxygen atoms in total. The zero-order valence-electron chi connectivity index (χ0n) is 10.7. The summed E-state index contributed by atoms with van der Waals surface area (Å²) in [4.78, 5) is 11.3. The molecule has 0 aromatic carbocycles. The smallest absolute Gasteiger partial charge is 0.322 e. The van der Waals surface area contributed by atoms with Crippen molar-refractivity contribution in [2.75, 3.05) is 25.5 Å². The number of aliphatic hydroxyl groups is 1. The summed E-state index contributed by atoms with van der Waals surface area (Å²) in [6, 6.07) is -0.0865. The van der Waals surface area contributed by atoms with Crippen molar-refractivity contribution in [3.8, 4) is 0 Å². The van der Waals surface area contributed by atoms with E-state index in [2.05, 4.69) is 4.74 Å². The van der Waals surface area contributed by atoms with Gasteiger partial charge in [-0.05, 0) is 32.6 Å². The minimum atomic E-state index is -3.58. The number of nitrogens with zero attached hydrogens (tertiary/aromatic N) is 1. The van der Waals surface area contributed by atoms with Crippen LogP contribution in [0.5, 0.6) is 0 Å². The van der Waals surface area contributed by atoms with Crippen molar-refractivity contribution >= 4 is 16.0 Å². The molecule has 0 amide bonds. The highest BCUT2D eigenvalue weighted by Crippen LogP contribution is 2.24. The topological polar surface area (TPSA) is 83.9 Å². The molecular formula is C11H21NO5S. The number of carbonyl (C=O) groups excluding carboxylic acids is 1. The minimum absolute atomic E-state index is 0.0578. The molecule has 0 radical (unpaired) electrons. The highest BCUT2D eigenvalue weighted by atomic mass is 32.2. The van der Waals surface area contributed by atoms with Gasteiger partial charge in [0.2, 0.25) is 10.0 Å². The Bertz CT molecular complexity index is 368. The molecule has 18 heavy (non-hydrogen) atoms. The van der Waals surface area contributed by atoms with E-state index in [-0.39, 0.29) is 19.3 Å². The summed E-state index contributed by atoms with van der Waals surface area (Å²) in [6.07, 6.45) is 2.81. The third-order valence-electron chi connectivity index (χ3n) is 2.98. The Labute approximate surface area is 108 Å². The monoisotopic (exact) mass is 279 g/mol. The van der Waals surface area contributed by atoms with Gasteiger partial charge in [0.15, 0.2) is 5.75 Å². The molecule has 106 valence electrons. The summed E-state index contributed by atoms with van der Waals surface area (Å²) in [5.74, 6) is -1.29. The molecule has 0 aromatic rings. The Morgan fingerprint density at radius 3 is 2.83 bits per heavy atom. The van der Waals surface area contributed by atoms with Gasteiger partial charge in [-0.25, -0.2) is 8.42 Å². The van der Waals surface area contributed by atoms with Crippen LogP contribution in [0, 0.1) is 0 Å². The van der Waals surface area contributed by atoms with E-state index in [0.29, 0.717) is 19.4 Å². The average Bonchev–Trinajstić information content (AvgIpc) is 2.74. The van der Waals surface area contributed by atoms with E-state index in [1.54, 1.807) is 6.92 Å². The van der Waals surface area contributed by atoms with E-state index in [0.717, 1.165) is 12.8 Å². The largest absolute Gasteiger partial charge is 0.465 e. The van der Waals surface area contributed by atoms with Gasteiger partial charge >= 0.3 is 5.97 Å². The summed E-state index contributed by atoms with van der Waals surface area (Å²) in [7, 11) is -3.58. The Morgan fingerprint density at radius 2 is 2.22 bits per heavy atom. The second-order valence-electron chi connectivity index (χ2n) is 4.33. The fourth-order valence-corrected chi connectivity index (χ4v) is 3.84. The summed E-state index contributed by atoms with van der Waals surface area (Å²) < 4.78 is 30.2. The lowest BCUT2D eigenvalue weighted by molar-refractivity contribution is -0.140. The lowest BCUT2D eigenvalue weighted by atomic mass is 10.1. The molecule has 1 fully saturated rings. The van der Waals surface area contributed by atoms with Crippen molar-refractivity contribution in [1.82, 2.24) is 4.31 Å². The molecule has 0 spiro atoms. The second kappa shape index (κ2) is 7.06. The Balaban J connectivity index is 2.62. The molecule has 1 N–H and O–H groups in total. The molecule has 1 aliphatic rings. The standard InChI is InChI=1S/C11H21NO5S/c1-2-17-11(14)9-18(15,16)12-7-3-5-10(12)6-4-8-13/h10,13H,2-9H2,1H3. The third kappa shape index (κ3) is 4.22. The van der Waals surface area contributed by atoms with Gasteiger partial charge in [-0.2, -0.15) is 4.31 Å². The van der Waals surface area contributed by atoms with Crippen molar-refractivity contribution in [2.24, 2.45) is 0 Å². The fourth-order valence-electron chi connectivity index (χ4n) is 2.23. The second-order valence-corrected chi connectivity index (χ2v) is 6.26. The molecule has 0 bridgehead atoms. The maximum Gasteiger partial charge on any atom is 0.322 e. The molecule has 7 heteroatoms. The Hall–Kier alpha value is -0.660. The first-order valence-corrected chi connectivity index (χ1v) is 7.88. The van der Waals surface area contributed by atoms with Gasteiger partial charge in [-0.15, -0.1) is 0 Å². The Kier molecular flexibility index (Phi) is 6.04. The molecule has 1 rings (SSSR count). The highest BCUT2D eigenvalue weighted by Gasteiger charge is 2.35. The average molecular weight is 279 g/mol. The van der Waals surface area contributed by atoms with Crippen molar-refractivity contribution < 1.29 is 23.1 Å². The first-order chi connectivity index (χ1) is 8.51. The number of esters is 1. The Morgan fingerprint density at radius 1 is 1.50 bits per heavy atom. The summed E-state index contributed by atoms with van der Waals surface area (Å²) in [6.45, 7) is 2.34. The van der Waals surface area contributed by atoms with Crippen molar-refractivity contribution in [1.29, 1.82) is 0 Å². The molecule has 1 aliphatic heterocycles. The molecule has 1 saturated heterocycles. The number of hydrogen-bond acceptors (Lipinski definition) is 5. The summed E-state index contributed by atoms with van der Waals surface area (Å²) in [5, 5.41) is 8.79. The minimum Gasteiger partial charge on any atom is -0.465 e. The zero-order chi connectivity index (χ0) is 13.6. The van der Waals surface area contributed by atoms with Gasteiger partial charge in [0.1, 0.15) is 0 Å². The van der Waals surface area contributed by atoms with Crippen LogP contribution in [0.15, 0.2) is 0 Å². The van der Waals surface area contributed by atoms with Crippen molar-refractivity contribution in [2.45, 2.75) is 38.6 Å². The first-order valence-electron chi connectivity index (χ1n) is 6.27. The van der Waals surface area contributed by atoms with Gasteiger partial charge in [0, 0.05) is 19.2 Å². The molecule has 1 heterocycles. The van der Waals surface area contributed by atoms with Crippen LogP contribution in [0.3, 0.4) is 0 Å². The number of rotatable bonds is 7. The number of hydrogen-bond donors (Lipinski definition) is 1. The van der Waals surface area contributed by atoms with Crippen LogP contribution in [0.2, 0.25) is 0 Å². The van der Waals surface area contributed by atoms with E-state index in [4.69, 9.17) is 5.11 Å². The van der Waals surface area contributed by atoms with Crippen LogP contribution < -0.4 is 0 Å². The lowest BCUT2D eigenvalue weighted by Crippen LogP contribution is -2.39. The van der Waals surface area contributed by atoms with E-state index >= 15 is 0 Å². The zero-order valence-corrected chi connectivity index (χ0v) is 11.5. The molecule has 1 unspecified atom stereocenters. The quantitative estimate of drug-likeness (QED) is 0.669. The van der Waals surface area contributed by atoms with E-state index in [9.17, 15) is 13.2 Å². The van der Waals surface area contributed by atoms with Gasteiger partial charge in [-0.1, -0.05) is 0 Å². The van der Waals surface area contributed by atoms with Crippen LogP contribution in [0.1, 0.15) is 32.6 Å². The SMILES string of the molecule is CCOC(=O)CS(=O)(=O)N1CCCC1CCCO. The maximum atomic E-state index is 12.1. The fraction of sp³-hybridized carbons (Fsp3) is 0.909. The van der Waals surface area contributed by atoms with Crippen LogP contribution >= 0.6 is 0 Å². The van der Waals surface area contributed by atoms with Gasteiger partial charge in [0.25, 0.3) is 0 Å². The molecule has 0 saturated carbocycles. The van der Waals surface area contributed by atoms with Crippen LogP contribution in [-0.2, 0) is 19.6 Å². The van der Waals surface area contributed by atoms with Gasteiger partial charge < -0.3 is 9.84 Å². The van der Waals surface area contributed by atoms with Crippen LogP contribution in [0.4, 0.5) is 0 Å². The molecular weight excluding hydrogens is 258 g/mol. The van der Waals surface area contributed by atoms with Gasteiger partial charge in [-0.3, -0.25) is 4.79 Å². The van der Waals surface area contributed by atoms with Crippen LogP contribution in [-0.4, -0.2) is 55.4 Å². The number of carbonyl (C=O) groups is 1. The van der Waals surface area contributed by atoms with Crippen molar-refractivity contribution in [3.05, 3.63) is 0 Å². The number of sulfonamides is 1. The predicted octanol–water partition coefficient (Wildman–Crippen LogP) is 0.116. The predicted molar refractivity (Wildman–Crippen MR) is 66.5 cm³/mol. The van der Waals surface area contributed by atoms with Crippen molar-refractivity contribution in [3.63, 3.8) is 0 Å². The van der Waals surface area contributed by atoms with E-state index in [1.165, 1.54) is 4.31 Å². The van der Waals surface area contributed by atoms with E-state index < -0.39 is 21.7 Å². The summed E-state index contributed by atoms with van der Waals surface area (Å²) in [5.41, 5.74) is 0. The maximum absolute atomic E-state index is 12.1. The third-order valence-corrected chi connectivity index (χ3v) is 4.78.